The van der Waals surface area contributed by atoms with E-state index in [1.54, 1.807) is 7.11 Å². The zero-order chi connectivity index (χ0) is 16.6. The second-order valence-corrected chi connectivity index (χ2v) is 6.75. The van der Waals surface area contributed by atoms with Crippen LogP contribution < -0.4 is 10.1 Å². The number of hydrogen-bond donors (Lipinski definition) is 1. The standard InChI is InChI=1S/C20H30N2O2/c1-23-19-9-7-18(8-10-19)20(22-11-13-24-14-12-22)16-21-15-17-5-3-2-4-6-17/h2-3,7-10,17,20-21H,4-6,11-16H2,1H3/t17-,20-/m1/s1. The van der Waals surface area contributed by atoms with Crippen LogP contribution in [0.15, 0.2) is 36.4 Å². The third-order valence-electron chi connectivity index (χ3n) is 5.14. The maximum Gasteiger partial charge on any atom is 0.118 e. The van der Waals surface area contributed by atoms with E-state index in [4.69, 9.17) is 9.47 Å². The Bertz CT molecular complexity index is 509. The zero-order valence-corrected chi connectivity index (χ0v) is 14.7. The summed E-state index contributed by atoms with van der Waals surface area (Å²) in [5.41, 5.74) is 1.36. The lowest BCUT2D eigenvalue weighted by Crippen LogP contribution is -2.43. The molecule has 0 saturated carbocycles. The first-order valence-corrected chi connectivity index (χ1v) is 9.18. The largest absolute Gasteiger partial charge is 0.497 e. The first-order chi connectivity index (χ1) is 11.9. The van der Waals surface area contributed by atoms with Crippen LogP contribution in [0, 0.1) is 5.92 Å². The van der Waals surface area contributed by atoms with Gasteiger partial charge in [0.2, 0.25) is 0 Å². The summed E-state index contributed by atoms with van der Waals surface area (Å²) >= 11 is 0. The van der Waals surface area contributed by atoms with Crippen LogP contribution in [0.5, 0.6) is 5.75 Å². The molecule has 1 fully saturated rings. The summed E-state index contributed by atoms with van der Waals surface area (Å²) in [4.78, 5) is 2.54. The van der Waals surface area contributed by atoms with Crippen LogP contribution in [0.3, 0.4) is 0 Å². The Labute approximate surface area is 145 Å². The average Bonchev–Trinajstić information content (AvgIpc) is 2.67. The van der Waals surface area contributed by atoms with E-state index in [1.807, 2.05) is 0 Å². The van der Waals surface area contributed by atoms with Gasteiger partial charge in [-0.05, 0) is 49.4 Å². The molecule has 0 amide bonds. The second kappa shape index (κ2) is 9.21. The summed E-state index contributed by atoms with van der Waals surface area (Å²) < 4.78 is 10.8. The lowest BCUT2D eigenvalue weighted by atomic mass is 9.94. The Morgan fingerprint density at radius 2 is 2.00 bits per heavy atom. The second-order valence-electron chi connectivity index (χ2n) is 6.75. The summed E-state index contributed by atoms with van der Waals surface area (Å²) in [5, 5.41) is 3.73. The van der Waals surface area contributed by atoms with Crippen molar-refractivity contribution >= 4 is 0 Å². The van der Waals surface area contributed by atoms with Crippen LogP contribution in [0.25, 0.3) is 0 Å². The molecular formula is C20H30N2O2. The van der Waals surface area contributed by atoms with Crippen molar-refractivity contribution in [2.45, 2.75) is 25.3 Å². The van der Waals surface area contributed by atoms with Gasteiger partial charge in [-0.2, -0.15) is 0 Å². The number of allylic oxidation sites excluding steroid dienone is 2. The van der Waals surface area contributed by atoms with Gasteiger partial charge in [0.05, 0.1) is 20.3 Å². The molecule has 0 unspecified atom stereocenters. The lowest BCUT2D eigenvalue weighted by Gasteiger charge is -2.35. The van der Waals surface area contributed by atoms with Crippen molar-refractivity contribution in [3.63, 3.8) is 0 Å². The lowest BCUT2D eigenvalue weighted by molar-refractivity contribution is 0.0160. The quantitative estimate of drug-likeness (QED) is 0.779. The third kappa shape index (κ3) is 4.82. The molecule has 1 aliphatic carbocycles. The van der Waals surface area contributed by atoms with Gasteiger partial charge in [0.25, 0.3) is 0 Å². The van der Waals surface area contributed by atoms with Crippen molar-refractivity contribution in [2.75, 3.05) is 46.5 Å². The van der Waals surface area contributed by atoms with E-state index >= 15 is 0 Å². The summed E-state index contributed by atoms with van der Waals surface area (Å²) in [5.74, 6) is 1.71. The van der Waals surface area contributed by atoms with Crippen LogP contribution in [-0.4, -0.2) is 51.4 Å². The van der Waals surface area contributed by atoms with Crippen molar-refractivity contribution in [1.29, 1.82) is 0 Å². The maximum atomic E-state index is 5.53. The molecule has 1 aromatic rings. The monoisotopic (exact) mass is 330 g/mol. The molecule has 1 saturated heterocycles. The Hall–Kier alpha value is -1.36. The minimum Gasteiger partial charge on any atom is -0.497 e. The Morgan fingerprint density at radius 3 is 2.67 bits per heavy atom. The molecule has 1 aromatic carbocycles. The molecule has 24 heavy (non-hydrogen) atoms. The molecule has 132 valence electrons. The maximum absolute atomic E-state index is 5.53. The molecule has 0 aromatic heterocycles. The van der Waals surface area contributed by atoms with Gasteiger partial charge >= 0.3 is 0 Å². The predicted octanol–water partition coefficient (Wildman–Crippen LogP) is 3.01. The fraction of sp³-hybridized carbons (Fsp3) is 0.600. The number of ether oxygens (including phenoxy) is 2. The van der Waals surface area contributed by atoms with Gasteiger partial charge in [0.15, 0.2) is 0 Å². The Morgan fingerprint density at radius 1 is 1.21 bits per heavy atom. The summed E-state index contributed by atoms with van der Waals surface area (Å²) in [7, 11) is 1.72. The van der Waals surface area contributed by atoms with Crippen LogP contribution in [0.4, 0.5) is 0 Å². The topological polar surface area (TPSA) is 33.7 Å². The molecule has 0 spiro atoms. The highest BCUT2D eigenvalue weighted by Gasteiger charge is 2.23. The van der Waals surface area contributed by atoms with Gasteiger partial charge in [-0.25, -0.2) is 0 Å². The highest BCUT2D eigenvalue weighted by molar-refractivity contribution is 5.29. The van der Waals surface area contributed by atoms with Gasteiger partial charge in [-0.15, -0.1) is 0 Å². The van der Waals surface area contributed by atoms with E-state index in [-0.39, 0.29) is 0 Å². The van der Waals surface area contributed by atoms with Gasteiger partial charge < -0.3 is 14.8 Å². The van der Waals surface area contributed by atoms with Crippen molar-refractivity contribution in [1.82, 2.24) is 10.2 Å². The first kappa shape index (κ1) is 17.5. The number of rotatable bonds is 7. The van der Waals surface area contributed by atoms with Crippen LogP contribution in [0.2, 0.25) is 0 Å². The van der Waals surface area contributed by atoms with Crippen LogP contribution in [-0.2, 0) is 4.74 Å². The average molecular weight is 330 g/mol. The highest BCUT2D eigenvalue weighted by Crippen LogP contribution is 2.24. The molecular weight excluding hydrogens is 300 g/mol. The molecule has 1 heterocycles. The molecule has 0 radical (unpaired) electrons. The normalized spacial score (nSPS) is 23.1. The van der Waals surface area contributed by atoms with Gasteiger partial charge in [-0.3, -0.25) is 4.90 Å². The SMILES string of the molecule is COc1ccc([C@@H](CNC[C@@H]2CC=CCC2)N2CCOCC2)cc1. The minimum absolute atomic E-state index is 0.402. The van der Waals surface area contributed by atoms with Gasteiger partial charge in [-0.1, -0.05) is 24.3 Å². The van der Waals surface area contributed by atoms with E-state index in [2.05, 4.69) is 46.6 Å². The summed E-state index contributed by atoms with van der Waals surface area (Å²) in [6, 6.07) is 8.93. The van der Waals surface area contributed by atoms with Crippen molar-refractivity contribution in [2.24, 2.45) is 5.92 Å². The number of benzene rings is 1. The smallest absolute Gasteiger partial charge is 0.118 e. The molecule has 2 aliphatic rings. The molecule has 1 N–H and O–H groups in total. The highest BCUT2D eigenvalue weighted by atomic mass is 16.5. The van der Waals surface area contributed by atoms with E-state index in [9.17, 15) is 0 Å². The third-order valence-corrected chi connectivity index (χ3v) is 5.14. The fourth-order valence-corrected chi connectivity index (χ4v) is 3.64. The van der Waals surface area contributed by atoms with Crippen molar-refractivity contribution in [3.8, 4) is 5.75 Å². The number of methoxy groups -OCH3 is 1. The van der Waals surface area contributed by atoms with E-state index in [1.165, 1.54) is 24.8 Å². The van der Waals surface area contributed by atoms with E-state index in [0.29, 0.717) is 6.04 Å². The van der Waals surface area contributed by atoms with E-state index < -0.39 is 0 Å². The fourth-order valence-electron chi connectivity index (χ4n) is 3.64. The molecule has 3 rings (SSSR count). The van der Waals surface area contributed by atoms with Crippen molar-refractivity contribution in [3.05, 3.63) is 42.0 Å². The van der Waals surface area contributed by atoms with Crippen LogP contribution >= 0.6 is 0 Å². The number of nitrogens with zero attached hydrogens (tertiary/aromatic N) is 1. The van der Waals surface area contributed by atoms with E-state index in [0.717, 1.165) is 51.1 Å². The molecule has 0 bridgehead atoms. The van der Waals surface area contributed by atoms with Crippen molar-refractivity contribution < 1.29 is 9.47 Å². The summed E-state index contributed by atoms with van der Waals surface area (Å²) in [6.45, 7) is 5.78. The van der Waals surface area contributed by atoms with Gasteiger partial charge in [0, 0.05) is 25.7 Å². The number of hydrogen-bond acceptors (Lipinski definition) is 4. The number of nitrogens with one attached hydrogen (secondary N) is 1. The van der Waals surface area contributed by atoms with Crippen LogP contribution in [0.1, 0.15) is 30.9 Å². The minimum atomic E-state index is 0.402. The predicted molar refractivity (Wildman–Crippen MR) is 97.5 cm³/mol. The Balaban J connectivity index is 1.61. The molecule has 1 aliphatic heterocycles. The molecule has 4 nitrogen and oxygen atoms in total. The first-order valence-electron chi connectivity index (χ1n) is 9.18. The van der Waals surface area contributed by atoms with Gasteiger partial charge in [0.1, 0.15) is 5.75 Å². The molecule has 4 heteroatoms. The molecule has 2 atom stereocenters. The number of morpholine rings is 1. The zero-order valence-electron chi connectivity index (χ0n) is 14.7. The Kier molecular flexibility index (Phi) is 6.70. The summed E-state index contributed by atoms with van der Waals surface area (Å²) in [6.07, 6.45) is 8.41.